The number of benzene rings is 1. The molecule has 0 aliphatic carbocycles. The van der Waals surface area contributed by atoms with Crippen molar-refractivity contribution in [3.05, 3.63) is 41.9 Å². The van der Waals surface area contributed by atoms with Gasteiger partial charge in [-0.3, -0.25) is 5.10 Å². The first-order chi connectivity index (χ1) is 12.1. The van der Waals surface area contributed by atoms with Crippen LogP contribution in [0.25, 0.3) is 22.0 Å². The third kappa shape index (κ3) is 3.46. The third-order valence-electron chi connectivity index (χ3n) is 3.95. The highest BCUT2D eigenvalue weighted by Gasteiger charge is 2.36. The number of rotatable bonds is 2. The van der Waals surface area contributed by atoms with Crippen LogP contribution in [-0.2, 0) is 12.7 Å². The molecule has 0 unspecified atom stereocenters. The van der Waals surface area contributed by atoms with E-state index in [0.717, 1.165) is 5.52 Å². The average Bonchev–Trinajstić information content (AvgIpc) is 3.15. The van der Waals surface area contributed by atoms with Gasteiger partial charge >= 0.3 is 6.18 Å². The van der Waals surface area contributed by atoms with Crippen molar-refractivity contribution in [2.45, 2.75) is 39.1 Å². The lowest BCUT2D eigenvalue weighted by Crippen LogP contribution is -2.14. The molecular weight excluding hydrogens is 343 g/mol. The van der Waals surface area contributed by atoms with Gasteiger partial charge in [-0.2, -0.15) is 18.3 Å². The number of aromatic nitrogens is 3. The van der Waals surface area contributed by atoms with Crippen LogP contribution in [0.5, 0.6) is 0 Å². The first-order valence-electron chi connectivity index (χ1n) is 8.09. The monoisotopic (exact) mass is 361 g/mol. The highest BCUT2D eigenvalue weighted by molar-refractivity contribution is 5.97. The summed E-state index contributed by atoms with van der Waals surface area (Å²) in [7, 11) is 0. The molecular formula is C19H18F3N3O. The fourth-order valence-corrected chi connectivity index (χ4v) is 2.78. The van der Waals surface area contributed by atoms with E-state index in [4.69, 9.17) is 0 Å². The number of hydrogen-bond acceptors (Lipinski definition) is 2. The van der Waals surface area contributed by atoms with Crippen LogP contribution < -0.4 is 0 Å². The molecule has 2 heterocycles. The zero-order valence-corrected chi connectivity index (χ0v) is 14.6. The van der Waals surface area contributed by atoms with E-state index in [1.54, 1.807) is 32.2 Å². The van der Waals surface area contributed by atoms with Crippen molar-refractivity contribution in [1.82, 2.24) is 14.8 Å². The molecule has 0 radical (unpaired) electrons. The average molecular weight is 361 g/mol. The minimum Gasteiger partial charge on any atom is -0.378 e. The maximum atomic E-state index is 13.3. The van der Waals surface area contributed by atoms with Crippen molar-refractivity contribution in [1.29, 1.82) is 0 Å². The summed E-state index contributed by atoms with van der Waals surface area (Å²) >= 11 is 0. The van der Waals surface area contributed by atoms with Gasteiger partial charge in [0.1, 0.15) is 11.3 Å². The highest BCUT2D eigenvalue weighted by atomic mass is 19.4. The second-order valence-electron chi connectivity index (χ2n) is 6.53. The summed E-state index contributed by atoms with van der Waals surface area (Å²) in [5.74, 6) is 5.58. The van der Waals surface area contributed by atoms with E-state index in [-0.39, 0.29) is 5.56 Å². The first-order valence-corrected chi connectivity index (χ1v) is 8.09. The van der Waals surface area contributed by atoms with Crippen LogP contribution in [-0.4, -0.2) is 25.5 Å². The number of aromatic amines is 1. The van der Waals surface area contributed by atoms with Gasteiger partial charge in [0.15, 0.2) is 0 Å². The predicted molar refractivity (Wildman–Crippen MR) is 93.4 cm³/mol. The van der Waals surface area contributed by atoms with Crippen molar-refractivity contribution in [2.75, 3.05) is 0 Å². The van der Waals surface area contributed by atoms with Gasteiger partial charge < -0.3 is 9.67 Å². The molecule has 3 aromatic rings. The van der Waals surface area contributed by atoms with E-state index in [1.807, 2.05) is 17.6 Å². The van der Waals surface area contributed by atoms with Gasteiger partial charge in [-0.25, -0.2) is 0 Å². The molecule has 0 saturated carbocycles. The molecule has 1 aromatic carbocycles. The number of fused-ring (bicyclic) bond motifs is 1. The van der Waals surface area contributed by atoms with E-state index >= 15 is 0 Å². The van der Waals surface area contributed by atoms with Crippen LogP contribution >= 0.6 is 0 Å². The smallest absolute Gasteiger partial charge is 0.378 e. The number of alkyl halides is 3. The quantitative estimate of drug-likeness (QED) is 0.673. The number of aryl methyl sites for hydroxylation is 1. The summed E-state index contributed by atoms with van der Waals surface area (Å²) in [6.07, 6.45) is -1.64. The Bertz CT molecular complexity index is 1010. The van der Waals surface area contributed by atoms with Gasteiger partial charge in [-0.15, -0.1) is 0 Å². The molecule has 2 aromatic heterocycles. The molecule has 136 valence electrons. The zero-order valence-electron chi connectivity index (χ0n) is 14.6. The Morgan fingerprint density at radius 1 is 1.23 bits per heavy atom. The summed E-state index contributed by atoms with van der Waals surface area (Å²) < 4.78 is 41.7. The summed E-state index contributed by atoms with van der Waals surface area (Å²) in [5, 5.41) is 16.0. The summed E-state index contributed by atoms with van der Waals surface area (Å²) in [4.78, 5) is 0. The molecule has 0 atom stereocenters. The Labute approximate surface area is 148 Å². The van der Waals surface area contributed by atoms with Crippen LogP contribution in [0.4, 0.5) is 13.2 Å². The van der Waals surface area contributed by atoms with Gasteiger partial charge in [-0.05, 0) is 39.0 Å². The lowest BCUT2D eigenvalue weighted by molar-refractivity contribution is -0.140. The van der Waals surface area contributed by atoms with Crippen molar-refractivity contribution in [2.24, 2.45) is 0 Å². The molecule has 0 aliphatic heterocycles. The fourth-order valence-electron chi connectivity index (χ4n) is 2.78. The van der Waals surface area contributed by atoms with Crippen LogP contribution in [0.15, 0.2) is 30.6 Å². The summed E-state index contributed by atoms with van der Waals surface area (Å²) in [6, 6.07) is 5.35. The molecule has 0 saturated heterocycles. The Kier molecular flexibility index (Phi) is 4.32. The van der Waals surface area contributed by atoms with Gasteiger partial charge in [-0.1, -0.05) is 11.8 Å². The Morgan fingerprint density at radius 3 is 2.58 bits per heavy atom. The topological polar surface area (TPSA) is 53.8 Å². The Balaban J connectivity index is 2.22. The Hall–Kier alpha value is -2.72. The molecule has 2 N–H and O–H groups in total. The van der Waals surface area contributed by atoms with E-state index in [9.17, 15) is 18.3 Å². The van der Waals surface area contributed by atoms with Crippen molar-refractivity contribution in [3.8, 4) is 23.0 Å². The second-order valence-corrected chi connectivity index (χ2v) is 6.53. The van der Waals surface area contributed by atoms with Crippen molar-refractivity contribution >= 4 is 10.9 Å². The van der Waals surface area contributed by atoms with Crippen molar-refractivity contribution in [3.63, 3.8) is 0 Å². The second kappa shape index (κ2) is 6.22. The molecule has 7 heteroatoms. The van der Waals surface area contributed by atoms with E-state index < -0.39 is 17.5 Å². The van der Waals surface area contributed by atoms with Gasteiger partial charge in [0.05, 0.1) is 6.20 Å². The van der Waals surface area contributed by atoms with Gasteiger partial charge in [0, 0.05) is 40.3 Å². The van der Waals surface area contributed by atoms with E-state index in [0.29, 0.717) is 23.1 Å². The summed E-state index contributed by atoms with van der Waals surface area (Å²) in [5.41, 5.74) is -0.156. The molecule has 4 nitrogen and oxygen atoms in total. The van der Waals surface area contributed by atoms with E-state index in [1.165, 1.54) is 6.20 Å². The van der Waals surface area contributed by atoms with Gasteiger partial charge in [0.25, 0.3) is 0 Å². The van der Waals surface area contributed by atoms with Crippen LogP contribution in [0.3, 0.4) is 0 Å². The number of nitrogens with zero attached hydrogens (tertiary/aromatic N) is 2. The predicted octanol–water partition coefficient (Wildman–Crippen LogP) is 4.19. The molecule has 26 heavy (non-hydrogen) atoms. The SMILES string of the molecule is CCn1cc(-c2cn[nH]c2C(F)(F)F)c2cc(C#CC(C)(C)O)ccc21. The van der Waals surface area contributed by atoms with Crippen molar-refractivity contribution < 1.29 is 18.3 Å². The number of halogens is 3. The molecule has 0 spiro atoms. The Morgan fingerprint density at radius 2 is 1.96 bits per heavy atom. The normalized spacial score (nSPS) is 12.3. The zero-order chi connectivity index (χ0) is 19.1. The number of hydrogen-bond donors (Lipinski definition) is 2. The number of nitrogens with one attached hydrogen (secondary N) is 1. The molecule has 0 bridgehead atoms. The molecule has 0 aliphatic rings. The molecule has 0 amide bonds. The number of H-pyrrole nitrogens is 1. The minimum atomic E-state index is -4.52. The number of aliphatic hydroxyl groups is 1. The van der Waals surface area contributed by atoms with Crippen LogP contribution in [0.2, 0.25) is 0 Å². The third-order valence-corrected chi connectivity index (χ3v) is 3.95. The molecule has 3 rings (SSSR count). The maximum absolute atomic E-state index is 13.3. The first kappa shape index (κ1) is 18.1. The lowest BCUT2D eigenvalue weighted by Gasteiger charge is -2.07. The van der Waals surface area contributed by atoms with Gasteiger partial charge in [0.2, 0.25) is 0 Å². The lowest BCUT2D eigenvalue weighted by atomic mass is 10.0. The van der Waals surface area contributed by atoms with Crippen LogP contribution in [0.1, 0.15) is 32.0 Å². The minimum absolute atomic E-state index is 0.00213. The fraction of sp³-hybridized carbons (Fsp3) is 0.316. The van der Waals surface area contributed by atoms with Crippen LogP contribution in [0, 0.1) is 11.8 Å². The van der Waals surface area contributed by atoms with E-state index in [2.05, 4.69) is 22.0 Å². The summed E-state index contributed by atoms with van der Waals surface area (Å²) in [6.45, 7) is 5.67. The largest absolute Gasteiger partial charge is 0.433 e. The maximum Gasteiger partial charge on any atom is 0.433 e. The molecule has 0 fully saturated rings. The standard InChI is InChI=1S/C19H18F3N3O/c1-4-25-11-15(14-10-23-24-17(14)19(20,21)22)13-9-12(5-6-16(13)25)7-8-18(2,3)26/h5-6,9-11,26H,4H2,1-3H3,(H,23,24). The highest BCUT2D eigenvalue weighted by Crippen LogP contribution is 2.39.